The van der Waals surface area contributed by atoms with E-state index in [0.717, 1.165) is 56.1 Å². The van der Waals surface area contributed by atoms with Gasteiger partial charge in [0, 0.05) is 19.6 Å². The van der Waals surface area contributed by atoms with Crippen molar-refractivity contribution in [1.82, 2.24) is 9.80 Å². The Morgan fingerprint density at radius 2 is 1.75 bits per heavy atom. The molecule has 2 rings (SSSR count). The van der Waals surface area contributed by atoms with E-state index < -0.39 is 0 Å². The van der Waals surface area contributed by atoms with Crippen molar-refractivity contribution in [1.29, 1.82) is 0 Å². The number of methoxy groups -OCH3 is 2. The first-order chi connectivity index (χ1) is 11.7. The molecule has 0 atom stereocenters. The van der Waals surface area contributed by atoms with Gasteiger partial charge in [-0.2, -0.15) is 0 Å². The molecule has 0 aliphatic carbocycles. The zero-order chi connectivity index (χ0) is 17.4. The summed E-state index contributed by atoms with van der Waals surface area (Å²) < 4.78 is 10.6. The highest BCUT2D eigenvalue weighted by atomic mass is 16.5. The third kappa shape index (κ3) is 5.13. The molecule has 0 radical (unpaired) electrons. The summed E-state index contributed by atoms with van der Waals surface area (Å²) >= 11 is 0. The number of likely N-dealkylation sites (tertiary alicyclic amines) is 1. The smallest absolute Gasteiger partial charge is 0.236 e. The largest absolute Gasteiger partial charge is 0.493 e. The molecule has 5 nitrogen and oxygen atoms in total. The average molecular weight is 334 g/mol. The van der Waals surface area contributed by atoms with Gasteiger partial charge in [-0.25, -0.2) is 0 Å². The molecule has 1 aliphatic heterocycles. The molecule has 5 heteroatoms. The Morgan fingerprint density at radius 3 is 2.33 bits per heavy atom. The van der Waals surface area contributed by atoms with Crippen LogP contribution in [0.5, 0.6) is 11.5 Å². The predicted molar refractivity (Wildman–Crippen MR) is 95.5 cm³/mol. The van der Waals surface area contributed by atoms with Gasteiger partial charge in [0.15, 0.2) is 11.5 Å². The Kier molecular flexibility index (Phi) is 7.37. The Bertz CT molecular complexity index is 525. The first-order valence-electron chi connectivity index (χ1n) is 8.89. The first kappa shape index (κ1) is 18.6. The molecule has 0 aromatic heterocycles. The van der Waals surface area contributed by atoms with Crippen molar-refractivity contribution < 1.29 is 14.3 Å². The van der Waals surface area contributed by atoms with E-state index in [2.05, 4.69) is 11.8 Å². The monoisotopic (exact) mass is 334 g/mol. The van der Waals surface area contributed by atoms with E-state index in [-0.39, 0.29) is 5.91 Å². The van der Waals surface area contributed by atoms with Gasteiger partial charge in [-0.3, -0.25) is 9.69 Å². The van der Waals surface area contributed by atoms with Gasteiger partial charge in [0.05, 0.1) is 20.8 Å². The minimum atomic E-state index is 0.249. The normalized spacial score (nSPS) is 15.2. The van der Waals surface area contributed by atoms with Crippen molar-refractivity contribution in [3.63, 3.8) is 0 Å². The van der Waals surface area contributed by atoms with Crippen LogP contribution in [0.3, 0.4) is 0 Å². The number of ether oxygens (including phenoxy) is 2. The molecule has 1 fully saturated rings. The molecule has 1 saturated heterocycles. The molecule has 0 bridgehead atoms. The summed E-state index contributed by atoms with van der Waals surface area (Å²) in [6.45, 7) is 5.96. The molecule has 1 amide bonds. The van der Waals surface area contributed by atoms with E-state index in [1.54, 1.807) is 14.2 Å². The van der Waals surface area contributed by atoms with Gasteiger partial charge < -0.3 is 14.4 Å². The van der Waals surface area contributed by atoms with Gasteiger partial charge >= 0.3 is 0 Å². The third-order valence-electron chi connectivity index (χ3n) is 4.62. The molecular weight excluding hydrogens is 304 g/mol. The van der Waals surface area contributed by atoms with Crippen molar-refractivity contribution in [2.75, 3.05) is 40.4 Å². The van der Waals surface area contributed by atoms with Crippen molar-refractivity contribution in [2.45, 2.75) is 39.2 Å². The molecule has 24 heavy (non-hydrogen) atoms. The van der Waals surface area contributed by atoms with Crippen LogP contribution in [0.4, 0.5) is 0 Å². The summed E-state index contributed by atoms with van der Waals surface area (Å²) in [4.78, 5) is 16.8. The zero-order valence-corrected chi connectivity index (χ0v) is 15.2. The molecule has 0 unspecified atom stereocenters. The molecule has 1 heterocycles. The SMILES string of the molecule is CCN(CC(=O)N1CCCCCC1)Cc1ccc(OC)c(OC)c1. The molecule has 0 N–H and O–H groups in total. The van der Waals surface area contributed by atoms with Gasteiger partial charge in [0.25, 0.3) is 0 Å². The van der Waals surface area contributed by atoms with Gasteiger partial charge in [-0.1, -0.05) is 25.8 Å². The molecule has 0 saturated carbocycles. The van der Waals surface area contributed by atoms with Crippen LogP contribution in [0.25, 0.3) is 0 Å². The van der Waals surface area contributed by atoms with Crippen LogP contribution in [0.15, 0.2) is 18.2 Å². The van der Waals surface area contributed by atoms with E-state index in [4.69, 9.17) is 9.47 Å². The minimum Gasteiger partial charge on any atom is -0.493 e. The average Bonchev–Trinajstić information content (AvgIpc) is 2.90. The predicted octanol–water partition coefficient (Wildman–Crippen LogP) is 2.93. The fourth-order valence-corrected chi connectivity index (χ4v) is 3.13. The number of rotatable bonds is 7. The highest BCUT2D eigenvalue weighted by Gasteiger charge is 2.18. The number of likely N-dealkylation sites (N-methyl/N-ethyl adjacent to an activating group) is 1. The number of hydrogen-bond donors (Lipinski definition) is 0. The third-order valence-corrected chi connectivity index (χ3v) is 4.62. The quantitative estimate of drug-likeness (QED) is 0.769. The summed E-state index contributed by atoms with van der Waals surface area (Å²) in [6, 6.07) is 5.93. The fraction of sp³-hybridized carbons (Fsp3) is 0.632. The van der Waals surface area contributed by atoms with Crippen molar-refractivity contribution in [3.8, 4) is 11.5 Å². The van der Waals surface area contributed by atoms with Gasteiger partial charge in [0.1, 0.15) is 0 Å². The molecule has 0 spiro atoms. The highest BCUT2D eigenvalue weighted by Crippen LogP contribution is 2.28. The number of carbonyl (C=O) groups excluding carboxylic acids is 1. The van der Waals surface area contributed by atoms with Gasteiger partial charge in [0.2, 0.25) is 5.91 Å². The standard InChI is InChI=1S/C19H30N2O3/c1-4-20(15-19(22)21-11-7-5-6-8-12-21)14-16-9-10-17(23-2)18(13-16)24-3/h9-10,13H,4-8,11-12,14-15H2,1-3H3. The molecule has 1 aliphatic rings. The van der Waals surface area contributed by atoms with E-state index in [1.807, 2.05) is 23.1 Å². The summed E-state index contributed by atoms with van der Waals surface area (Å²) in [5.41, 5.74) is 1.12. The van der Waals surface area contributed by atoms with Crippen LogP contribution >= 0.6 is 0 Å². The van der Waals surface area contributed by atoms with Crippen LogP contribution < -0.4 is 9.47 Å². The minimum absolute atomic E-state index is 0.249. The summed E-state index contributed by atoms with van der Waals surface area (Å²) in [7, 11) is 3.28. The van der Waals surface area contributed by atoms with Crippen molar-refractivity contribution in [3.05, 3.63) is 23.8 Å². The van der Waals surface area contributed by atoms with E-state index >= 15 is 0 Å². The number of benzene rings is 1. The topological polar surface area (TPSA) is 42.0 Å². The second kappa shape index (κ2) is 9.52. The second-order valence-electron chi connectivity index (χ2n) is 6.29. The first-order valence-corrected chi connectivity index (χ1v) is 8.89. The number of hydrogen-bond acceptors (Lipinski definition) is 4. The number of amides is 1. The van der Waals surface area contributed by atoms with Crippen LogP contribution in [0, 0.1) is 0 Å². The lowest BCUT2D eigenvalue weighted by Gasteiger charge is -2.26. The summed E-state index contributed by atoms with van der Waals surface area (Å²) in [5.74, 6) is 1.70. The van der Waals surface area contributed by atoms with Gasteiger partial charge in [-0.05, 0) is 37.1 Å². The van der Waals surface area contributed by atoms with Crippen LogP contribution in [0.2, 0.25) is 0 Å². The summed E-state index contributed by atoms with van der Waals surface area (Å²) in [5, 5.41) is 0. The fourth-order valence-electron chi connectivity index (χ4n) is 3.13. The lowest BCUT2D eigenvalue weighted by Crippen LogP contribution is -2.40. The number of nitrogens with zero attached hydrogens (tertiary/aromatic N) is 2. The molecular formula is C19H30N2O3. The Morgan fingerprint density at radius 1 is 1.08 bits per heavy atom. The zero-order valence-electron chi connectivity index (χ0n) is 15.2. The van der Waals surface area contributed by atoms with Crippen LogP contribution in [-0.4, -0.2) is 56.1 Å². The van der Waals surface area contributed by atoms with Gasteiger partial charge in [-0.15, -0.1) is 0 Å². The molecule has 134 valence electrons. The van der Waals surface area contributed by atoms with Crippen molar-refractivity contribution >= 4 is 5.91 Å². The van der Waals surface area contributed by atoms with E-state index in [9.17, 15) is 4.79 Å². The lowest BCUT2D eigenvalue weighted by molar-refractivity contribution is -0.132. The molecule has 1 aromatic rings. The maximum absolute atomic E-state index is 12.6. The Balaban J connectivity index is 1.97. The van der Waals surface area contributed by atoms with E-state index in [1.165, 1.54) is 12.8 Å². The lowest BCUT2D eigenvalue weighted by atomic mass is 10.2. The van der Waals surface area contributed by atoms with Crippen molar-refractivity contribution in [2.24, 2.45) is 0 Å². The Labute approximate surface area is 145 Å². The summed E-state index contributed by atoms with van der Waals surface area (Å²) in [6.07, 6.45) is 4.75. The highest BCUT2D eigenvalue weighted by molar-refractivity contribution is 5.78. The maximum atomic E-state index is 12.6. The van der Waals surface area contributed by atoms with Crippen LogP contribution in [-0.2, 0) is 11.3 Å². The second-order valence-corrected chi connectivity index (χ2v) is 6.29. The van der Waals surface area contributed by atoms with Crippen LogP contribution in [0.1, 0.15) is 38.2 Å². The Hall–Kier alpha value is -1.75. The van der Waals surface area contributed by atoms with E-state index in [0.29, 0.717) is 6.54 Å². The number of carbonyl (C=O) groups is 1. The molecule has 1 aromatic carbocycles. The maximum Gasteiger partial charge on any atom is 0.236 e.